The number of likely N-dealkylation sites (tertiary alicyclic amines) is 1. The van der Waals surface area contributed by atoms with Crippen LogP contribution < -0.4 is 4.90 Å². The van der Waals surface area contributed by atoms with Gasteiger partial charge in [0.2, 0.25) is 11.8 Å². The van der Waals surface area contributed by atoms with E-state index in [9.17, 15) is 18.0 Å². The van der Waals surface area contributed by atoms with Crippen LogP contribution in [0, 0.1) is 0 Å². The highest BCUT2D eigenvalue weighted by molar-refractivity contribution is 7.92. The van der Waals surface area contributed by atoms with Gasteiger partial charge in [0.05, 0.1) is 22.8 Å². The molecule has 33 heavy (non-hydrogen) atoms. The molecule has 7 nitrogen and oxygen atoms in total. The Morgan fingerprint density at radius 1 is 1.24 bits per heavy atom. The van der Waals surface area contributed by atoms with Crippen LogP contribution >= 0.6 is 22.9 Å². The summed E-state index contributed by atoms with van der Waals surface area (Å²) in [6, 6.07) is 5.19. The van der Waals surface area contributed by atoms with Crippen LogP contribution in [-0.4, -0.2) is 55.0 Å². The first-order chi connectivity index (χ1) is 15.7. The SMILES string of the molecule is CC(=O)N1CCC2(C1)CN(C(=O)Cc1ncc(Cl)s1)c1ccc(S(=O)(=O)C3CCCC3)cc12. The quantitative estimate of drug-likeness (QED) is 0.631. The highest BCUT2D eigenvalue weighted by Gasteiger charge is 2.50. The molecule has 0 N–H and O–H groups in total. The summed E-state index contributed by atoms with van der Waals surface area (Å²) in [7, 11) is -3.43. The largest absolute Gasteiger partial charge is 0.342 e. The third kappa shape index (κ3) is 3.98. The lowest BCUT2D eigenvalue weighted by Crippen LogP contribution is -2.40. The van der Waals surface area contributed by atoms with Crippen molar-refractivity contribution in [1.29, 1.82) is 0 Å². The minimum Gasteiger partial charge on any atom is -0.342 e. The van der Waals surface area contributed by atoms with Gasteiger partial charge in [0, 0.05) is 37.7 Å². The predicted molar refractivity (Wildman–Crippen MR) is 128 cm³/mol. The minimum absolute atomic E-state index is 0.00893. The highest BCUT2D eigenvalue weighted by Crippen LogP contribution is 2.48. The molecule has 5 rings (SSSR count). The fourth-order valence-corrected chi connectivity index (χ4v) is 8.35. The number of carbonyl (C=O) groups excluding carboxylic acids is 2. The van der Waals surface area contributed by atoms with E-state index in [2.05, 4.69) is 4.98 Å². The maximum atomic E-state index is 13.3. The number of anilines is 1. The number of sulfone groups is 1. The molecule has 3 aliphatic rings. The maximum Gasteiger partial charge on any atom is 0.233 e. The van der Waals surface area contributed by atoms with Gasteiger partial charge in [-0.3, -0.25) is 9.59 Å². The second kappa shape index (κ2) is 8.36. The van der Waals surface area contributed by atoms with Crippen molar-refractivity contribution in [2.45, 2.75) is 61.0 Å². The van der Waals surface area contributed by atoms with Crippen molar-refractivity contribution in [3.05, 3.63) is 39.3 Å². The van der Waals surface area contributed by atoms with Gasteiger partial charge < -0.3 is 9.80 Å². The van der Waals surface area contributed by atoms with E-state index in [1.165, 1.54) is 17.5 Å². The molecule has 2 aliphatic heterocycles. The zero-order chi connectivity index (χ0) is 23.4. The van der Waals surface area contributed by atoms with Crippen molar-refractivity contribution in [1.82, 2.24) is 9.88 Å². The molecule has 1 saturated carbocycles. The van der Waals surface area contributed by atoms with E-state index in [0.717, 1.165) is 24.1 Å². The molecule has 3 heterocycles. The van der Waals surface area contributed by atoms with Crippen LogP contribution in [-0.2, 0) is 31.3 Å². The average Bonchev–Trinajstić information content (AvgIpc) is 3.56. The molecule has 0 radical (unpaired) electrons. The number of halogens is 1. The highest BCUT2D eigenvalue weighted by atomic mass is 35.5. The molecule has 176 valence electrons. The Morgan fingerprint density at radius 3 is 2.64 bits per heavy atom. The second-order valence-corrected chi connectivity index (χ2v) is 13.3. The van der Waals surface area contributed by atoms with Crippen molar-refractivity contribution < 1.29 is 18.0 Å². The average molecular weight is 508 g/mol. The second-order valence-electron chi connectivity index (χ2n) is 9.32. The van der Waals surface area contributed by atoms with Crippen LogP contribution in [0.5, 0.6) is 0 Å². The fourth-order valence-electron chi connectivity index (χ4n) is 5.52. The van der Waals surface area contributed by atoms with Crippen LogP contribution in [0.4, 0.5) is 5.69 Å². The van der Waals surface area contributed by atoms with Crippen molar-refractivity contribution in [2.24, 2.45) is 0 Å². The van der Waals surface area contributed by atoms with E-state index in [0.29, 0.717) is 53.1 Å². The third-order valence-corrected chi connectivity index (χ3v) is 10.7. The van der Waals surface area contributed by atoms with Crippen LogP contribution in [0.3, 0.4) is 0 Å². The van der Waals surface area contributed by atoms with Crippen LogP contribution in [0.15, 0.2) is 29.3 Å². The molecule has 1 aliphatic carbocycles. The Morgan fingerprint density at radius 2 is 2.00 bits per heavy atom. The van der Waals surface area contributed by atoms with Gasteiger partial charge in [0.1, 0.15) is 9.34 Å². The van der Waals surface area contributed by atoms with Gasteiger partial charge in [-0.25, -0.2) is 13.4 Å². The van der Waals surface area contributed by atoms with E-state index in [1.54, 1.807) is 34.9 Å². The Labute approximate surface area is 202 Å². The Kier molecular flexibility index (Phi) is 5.77. The summed E-state index contributed by atoms with van der Waals surface area (Å²) in [4.78, 5) is 33.4. The molecule has 10 heteroatoms. The zero-order valence-corrected chi connectivity index (χ0v) is 20.8. The summed E-state index contributed by atoms with van der Waals surface area (Å²) in [5, 5.41) is 0.308. The van der Waals surface area contributed by atoms with Crippen LogP contribution in [0.2, 0.25) is 4.34 Å². The fraction of sp³-hybridized carbons (Fsp3) is 0.522. The monoisotopic (exact) mass is 507 g/mol. The summed E-state index contributed by atoms with van der Waals surface area (Å²) in [5.74, 6) is -0.114. The molecule has 1 saturated heterocycles. The smallest absolute Gasteiger partial charge is 0.233 e. The number of benzene rings is 1. The molecule has 0 bridgehead atoms. The van der Waals surface area contributed by atoms with E-state index < -0.39 is 15.3 Å². The molecular weight excluding hydrogens is 482 g/mol. The Hall–Kier alpha value is -1.97. The van der Waals surface area contributed by atoms with Crippen molar-refractivity contribution in [3.8, 4) is 0 Å². The van der Waals surface area contributed by atoms with Gasteiger partial charge in [0.15, 0.2) is 9.84 Å². The Bertz CT molecular complexity index is 1220. The van der Waals surface area contributed by atoms with Gasteiger partial charge in [-0.1, -0.05) is 24.4 Å². The van der Waals surface area contributed by atoms with E-state index in [4.69, 9.17) is 11.6 Å². The van der Waals surface area contributed by atoms with E-state index in [-0.39, 0.29) is 23.5 Å². The molecule has 2 amide bonds. The molecule has 1 aromatic carbocycles. The van der Waals surface area contributed by atoms with E-state index >= 15 is 0 Å². The predicted octanol–water partition coefficient (Wildman–Crippen LogP) is 3.59. The number of hydrogen-bond donors (Lipinski definition) is 0. The number of hydrogen-bond acceptors (Lipinski definition) is 6. The van der Waals surface area contributed by atoms with E-state index in [1.807, 2.05) is 0 Å². The Balaban J connectivity index is 1.53. The lowest BCUT2D eigenvalue weighted by atomic mass is 9.81. The first-order valence-corrected chi connectivity index (χ1v) is 14.0. The summed E-state index contributed by atoms with van der Waals surface area (Å²) in [5.41, 5.74) is 1.13. The molecular formula is C23H26ClN3O4S2. The zero-order valence-electron chi connectivity index (χ0n) is 18.4. The molecule has 1 unspecified atom stereocenters. The molecule has 1 aromatic heterocycles. The summed E-state index contributed by atoms with van der Waals surface area (Å²) in [6.45, 7) is 3.05. The van der Waals surface area contributed by atoms with Crippen molar-refractivity contribution in [3.63, 3.8) is 0 Å². The number of amides is 2. The summed E-state index contributed by atoms with van der Waals surface area (Å²) < 4.78 is 27.1. The normalized spacial score (nSPS) is 23.0. The maximum absolute atomic E-state index is 13.3. The van der Waals surface area contributed by atoms with Gasteiger partial charge in [0.25, 0.3) is 0 Å². The first kappa shape index (κ1) is 22.8. The molecule has 1 atom stereocenters. The van der Waals surface area contributed by atoms with Crippen LogP contribution in [0.1, 0.15) is 49.6 Å². The lowest BCUT2D eigenvalue weighted by molar-refractivity contribution is -0.127. The van der Waals surface area contributed by atoms with Gasteiger partial charge in [-0.2, -0.15) is 0 Å². The van der Waals surface area contributed by atoms with Crippen LogP contribution in [0.25, 0.3) is 0 Å². The standard InChI is InChI=1S/C23H26ClN3O4S2/c1-15(28)26-9-8-23(13-26)14-27(22(29)11-21-25-12-20(24)32-21)19-7-6-17(10-18(19)23)33(30,31)16-4-2-3-5-16/h6-7,10,12,16H,2-5,8-9,11,13-14H2,1H3. The van der Waals surface area contributed by atoms with Crippen molar-refractivity contribution >= 4 is 50.3 Å². The summed E-state index contributed by atoms with van der Waals surface area (Å²) in [6.07, 6.45) is 5.64. The van der Waals surface area contributed by atoms with Gasteiger partial charge >= 0.3 is 0 Å². The van der Waals surface area contributed by atoms with Crippen molar-refractivity contribution in [2.75, 3.05) is 24.5 Å². The van der Waals surface area contributed by atoms with Gasteiger partial charge in [-0.05, 0) is 43.0 Å². The first-order valence-electron chi connectivity index (χ1n) is 11.2. The number of nitrogens with zero attached hydrogens (tertiary/aromatic N) is 3. The lowest BCUT2D eigenvalue weighted by Gasteiger charge is -2.25. The minimum atomic E-state index is -3.43. The number of fused-ring (bicyclic) bond motifs is 2. The number of thiazole rings is 1. The van der Waals surface area contributed by atoms with Gasteiger partial charge in [-0.15, -0.1) is 11.3 Å². The molecule has 2 fully saturated rings. The number of aromatic nitrogens is 1. The topological polar surface area (TPSA) is 87.7 Å². The molecule has 1 spiro atoms. The molecule has 2 aromatic rings. The summed E-state index contributed by atoms with van der Waals surface area (Å²) >= 11 is 7.26. The number of carbonyl (C=O) groups is 2. The number of rotatable bonds is 4. The third-order valence-electron chi connectivity index (χ3n) is 7.29.